The number of benzene rings is 2. The molecule has 2 unspecified atom stereocenters. The van der Waals surface area contributed by atoms with Gasteiger partial charge in [0.15, 0.2) is 0 Å². The SMILES string of the molecule is O=C(CC(O)c1ccccc1)NCC(O)c1ccccc1Cl. The second kappa shape index (κ2) is 7.94. The molecule has 0 aliphatic carbocycles. The maximum Gasteiger partial charge on any atom is 0.223 e. The molecule has 2 atom stereocenters. The number of aliphatic hydroxyl groups is 2. The minimum Gasteiger partial charge on any atom is -0.388 e. The Morgan fingerprint density at radius 3 is 2.32 bits per heavy atom. The zero-order valence-corrected chi connectivity index (χ0v) is 12.7. The van der Waals surface area contributed by atoms with Gasteiger partial charge in [-0.05, 0) is 11.6 Å². The summed E-state index contributed by atoms with van der Waals surface area (Å²) in [6.45, 7) is 0.0457. The Labute approximate surface area is 134 Å². The Kier molecular flexibility index (Phi) is 5.95. The van der Waals surface area contributed by atoms with E-state index in [4.69, 9.17) is 11.6 Å². The molecule has 22 heavy (non-hydrogen) atoms. The number of hydrogen-bond acceptors (Lipinski definition) is 3. The molecular formula is C17H18ClNO3. The van der Waals surface area contributed by atoms with Crippen molar-refractivity contribution in [3.63, 3.8) is 0 Å². The van der Waals surface area contributed by atoms with Gasteiger partial charge in [-0.3, -0.25) is 4.79 Å². The van der Waals surface area contributed by atoms with Crippen molar-refractivity contribution in [1.29, 1.82) is 0 Å². The molecule has 2 aromatic carbocycles. The predicted molar refractivity (Wildman–Crippen MR) is 85.4 cm³/mol. The normalized spacial score (nSPS) is 13.4. The summed E-state index contributed by atoms with van der Waals surface area (Å²) in [6.07, 6.45) is -1.80. The molecule has 3 N–H and O–H groups in total. The fraction of sp³-hybridized carbons (Fsp3) is 0.235. The van der Waals surface area contributed by atoms with Crippen LogP contribution in [0.4, 0.5) is 0 Å². The van der Waals surface area contributed by atoms with Crippen LogP contribution in [0.5, 0.6) is 0 Å². The molecule has 0 radical (unpaired) electrons. The third kappa shape index (κ3) is 4.56. The minimum absolute atomic E-state index is 0.0457. The monoisotopic (exact) mass is 319 g/mol. The number of hydrogen-bond donors (Lipinski definition) is 3. The van der Waals surface area contributed by atoms with E-state index in [2.05, 4.69) is 5.32 Å². The topological polar surface area (TPSA) is 69.6 Å². The second-order valence-electron chi connectivity index (χ2n) is 4.97. The van der Waals surface area contributed by atoms with Crippen molar-refractivity contribution in [3.05, 3.63) is 70.7 Å². The number of aliphatic hydroxyl groups excluding tert-OH is 2. The molecule has 0 fully saturated rings. The highest BCUT2D eigenvalue weighted by Crippen LogP contribution is 2.22. The summed E-state index contributed by atoms with van der Waals surface area (Å²) < 4.78 is 0. The molecule has 2 rings (SSSR count). The Morgan fingerprint density at radius 1 is 1.00 bits per heavy atom. The number of rotatable bonds is 6. The average molecular weight is 320 g/mol. The van der Waals surface area contributed by atoms with Crippen LogP contribution in [0.2, 0.25) is 5.02 Å². The van der Waals surface area contributed by atoms with Gasteiger partial charge < -0.3 is 15.5 Å². The molecule has 0 aliphatic heterocycles. The Hall–Kier alpha value is -1.88. The maximum atomic E-state index is 11.8. The number of amides is 1. The first-order chi connectivity index (χ1) is 10.6. The van der Waals surface area contributed by atoms with E-state index in [0.29, 0.717) is 16.1 Å². The van der Waals surface area contributed by atoms with Crippen LogP contribution in [0, 0.1) is 0 Å². The number of carbonyl (C=O) groups is 1. The van der Waals surface area contributed by atoms with Crippen molar-refractivity contribution in [2.45, 2.75) is 18.6 Å². The van der Waals surface area contributed by atoms with E-state index < -0.39 is 12.2 Å². The molecule has 116 valence electrons. The lowest BCUT2D eigenvalue weighted by Gasteiger charge is -2.15. The molecule has 0 aliphatic rings. The van der Waals surface area contributed by atoms with E-state index in [1.807, 2.05) is 6.07 Å². The van der Waals surface area contributed by atoms with Gasteiger partial charge in [-0.1, -0.05) is 60.1 Å². The largest absolute Gasteiger partial charge is 0.388 e. The van der Waals surface area contributed by atoms with Gasteiger partial charge in [0.25, 0.3) is 0 Å². The van der Waals surface area contributed by atoms with Gasteiger partial charge in [-0.25, -0.2) is 0 Å². The maximum absolute atomic E-state index is 11.8. The molecule has 0 saturated carbocycles. The molecule has 1 amide bonds. The number of halogens is 1. The molecule has 4 nitrogen and oxygen atoms in total. The summed E-state index contributed by atoms with van der Waals surface area (Å²) in [7, 11) is 0. The van der Waals surface area contributed by atoms with E-state index in [1.165, 1.54) is 0 Å². The van der Waals surface area contributed by atoms with Gasteiger partial charge in [-0.2, -0.15) is 0 Å². The summed E-state index contributed by atoms with van der Waals surface area (Å²) in [5.41, 5.74) is 1.25. The van der Waals surface area contributed by atoms with Gasteiger partial charge in [-0.15, -0.1) is 0 Å². The fourth-order valence-corrected chi connectivity index (χ4v) is 2.37. The highest BCUT2D eigenvalue weighted by atomic mass is 35.5. The second-order valence-corrected chi connectivity index (χ2v) is 5.38. The van der Waals surface area contributed by atoms with Gasteiger partial charge >= 0.3 is 0 Å². The van der Waals surface area contributed by atoms with E-state index in [0.717, 1.165) is 0 Å². The molecule has 5 heteroatoms. The molecule has 0 saturated heterocycles. The lowest BCUT2D eigenvalue weighted by atomic mass is 10.1. The Bertz CT molecular complexity index is 618. The van der Waals surface area contributed by atoms with Crippen molar-refractivity contribution >= 4 is 17.5 Å². The van der Waals surface area contributed by atoms with E-state index >= 15 is 0 Å². The molecule has 2 aromatic rings. The molecule has 0 aromatic heterocycles. The van der Waals surface area contributed by atoms with Crippen LogP contribution in [0.1, 0.15) is 29.8 Å². The van der Waals surface area contributed by atoms with Crippen molar-refractivity contribution in [2.75, 3.05) is 6.54 Å². The Morgan fingerprint density at radius 2 is 1.64 bits per heavy atom. The lowest BCUT2D eigenvalue weighted by Crippen LogP contribution is -2.29. The third-order valence-electron chi connectivity index (χ3n) is 3.32. The van der Waals surface area contributed by atoms with Gasteiger partial charge in [0.2, 0.25) is 5.91 Å². The number of carbonyl (C=O) groups excluding carboxylic acids is 1. The van der Waals surface area contributed by atoms with Crippen LogP contribution in [-0.2, 0) is 4.79 Å². The molecule has 0 bridgehead atoms. The first kappa shape index (κ1) is 16.5. The predicted octanol–water partition coefficient (Wildman–Crippen LogP) is 2.61. The zero-order valence-electron chi connectivity index (χ0n) is 11.9. The van der Waals surface area contributed by atoms with E-state index in [9.17, 15) is 15.0 Å². The average Bonchev–Trinajstić information content (AvgIpc) is 2.54. The van der Waals surface area contributed by atoms with Crippen molar-refractivity contribution in [3.8, 4) is 0 Å². The van der Waals surface area contributed by atoms with Crippen LogP contribution in [0.3, 0.4) is 0 Å². The zero-order chi connectivity index (χ0) is 15.9. The van der Waals surface area contributed by atoms with Gasteiger partial charge in [0.1, 0.15) is 0 Å². The van der Waals surface area contributed by atoms with Crippen LogP contribution >= 0.6 is 11.6 Å². The molecule has 0 heterocycles. The van der Waals surface area contributed by atoms with Gasteiger partial charge in [0.05, 0.1) is 18.6 Å². The first-order valence-electron chi connectivity index (χ1n) is 7.00. The van der Waals surface area contributed by atoms with Crippen LogP contribution < -0.4 is 5.32 Å². The van der Waals surface area contributed by atoms with Crippen LogP contribution in [0.15, 0.2) is 54.6 Å². The summed E-state index contributed by atoms with van der Waals surface area (Å²) in [5.74, 6) is -0.331. The van der Waals surface area contributed by atoms with E-state index in [1.54, 1.807) is 48.5 Å². The Balaban J connectivity index is 1.84. The lowest BCUT2D eigenvalue weighted by molar-refractivity contribution is -0.123. The first-order valence-corrected chi connectivity index (χ1v) is 7.38. The smallest absolute Gasteiger partial charge is 0.223 e. The van der Waals surface area contributed by atoms with Crippen LogP contribution in [-0.4, -0.2) is 22.7 Å². The standard InChI is InChI=1S/C17H18ClNO3/c18-14-9-5-4-8-13(14)16(21)11-19-17(22)10-15(20)12-6-2-1-3-7-12/h1-9,15-16,20-21H,10-11H2,(H,19,22). The highest BCUT2D eigenvalue weighted by Gasteiger charge is 2.15. The van der Waals surface area contributed by atoms with Crippen molar-refractivity contribution in [2.24, 2.45) is 0 Å². The summed E-state index contributed by atoms with van der Waals surface area (Å²) in [4.78, 5) is 11.8. The third-order valence-corrected chi connectivity index (χ3v) is 3.66. The molecular weight excluding hydrogens is 302 g/mol. The summed E-state index contributed by atoms with van der Waals surface area (Å²) in [6, 6.07) is 15.9. The van der Waals surface area contributed by atoms with Crippen molar-refractivity contribution < 1.29 is 15.0 Å². The molecule has 0 spiro atoms. The minimum atomic E-state index is -0.883. The van der Waals surface area contributed by atoms with Gasteiger partial charge in [0, 0.05) is 17.1 Å². The highest BCUT2D eigenvalue weighted by molar-refractivity contribution is 6.31. The fourth-order valence-electron chi connectivity index (χ4n) is 2.11. The van der Waals surface area contributed by atoms with Crippen LogP contribution in [0.25, 0.3) is 0 Å². The quantitative estimate of drug-likeness (QED) is 0.766. The van der Waals surface area contributed by atoms with E-state index in [-0.39, 0.29) is 18.9 Å². The summed E-state index contributed by atoms with van der Waals surface area (Å²) in [5, 5.41) is 23.1. The summed E-state index contributed by atoms with van der Waals surface area (Å²) >= 11 is 5.99. The number of nitrogens with one attached hydrogen (secondary N) is 1. The van der Waals surface area contributed by atoms with Crippen molar-refractivity contribution in [1.82, 2.24) is 5.32 Å².